The zero-order valence-corrected chi connectivity index (χ0v) is 13.7. The van der Waals surface area contributed by atoms with Gasteiger partial charge in [0.2, 0.25) is 0 Å². The van der Waals surface area contributed by atoms with Crippen LogP contribution >= 0.6 is 11.6 Å². The number of carbonyl (C=O) groups excluding carboxylic acids is 1. The quantitative estimate of drug-likeness (QED) is 0.921. The lowest BCUT2D eigenvalue weighted by molar-refractivity contribution is 0.0380. The van der Waals surface area contributed by atoms with Crippen molar-refractivity contribution in [3.05, 3.63) is 40.9 Å². The molecule has 0 radical (unpaired) electrons. The number of aromatic nitrogens is 4. The molecule has 2 aromatic rings. The van der Waals surface area contributed by atoms with Crippen molar-refractivity contribution >= 4 is 17.5 Å². The van der Waals surface area contributed by atoms with E-state index in [0.29, 0.717) is 29.4 Å². The number of aliphatic hydroxyl groups is 1. The fourth-order valence-corrected chi connectivity index (χ4v) is 2.69. The van der Waals surface area contributed by atoms with Crippen molar-refractivity contribution in [3.8, 4) is 0 Å². The Kier molecular flexibility index (Phi) is 4.08. The van der Waals surface area contributed by atoms with Crippen LogP contribution in [0.25, 0.3) is 0 Å². The summed E-state index contributed by atoms with van der Waals surface area (Å²) in [6.07, 6.45) is 3.59. The zero-order chi connectivity index (χ0) is 16.6. The first-order valence-electron chi connectivity index (χ1n) is 7.44. The Morgan fingerprint density at radius 3 is 2.83 bits per heavy atom. The van der Waals surface area contributed by atoms with Crippen LogP contribution in [0.3, 0.4) is 0 Å². The summed E-state index contributed by atoms with van der Waals surface area (Å²) < 4.78 is 1.69. The molecular weight excluding hydrogens is 318 g/mol. The predicted octanol–water partition coefficient (Wildman–Crippen LogP) is 1.64. The van der Waals surface area contributed by atoms with Gasteiger partial charge in [-0.2, -0.15) is 0 Å². The lowest BCUT2D eigenvalue weighted by Gasteiger charge is -2.21. The first-order valence-corrected chi connectivity index (χ1v) is 7.82. The van der Waals surface area contributed by atoms with E-state index in [-0.39, 0.29) is 18.5 Å². The third kappa shape index (κ3) is 3.07. The molecule has 0 aliphatic carbocycles. The minimum Gasteiger partial charge on any atom is -0.381 e. The van der Waals surface area contributed by atoms with Gasteiger partial charge in [-0.15, -0.1) is 5.10 Å². The molecule has 8 heteroatoms. The van der Waals surface area contributed by atoms with Gasteiger partial charge in [0.1, 0.15) is 17.0 Å². The summed E-state index contributed by atoms with van der Waals surface area (Å²) >= 11 is 5.78. The van der Waals surface area contributed by atoms with E-state index in [9.17, 15) is 9.90 Å². The minimum absolute atomic E-state index is 0.164. The molecule has 23 heavy (non-hydrogen) atoms. The van der Waals surface area contributed by atoms with E-state index >= 15 is 0 Å². The highest BCUT2D eigenvalue weighted by atomic mass is 35.5. The number of halogens is 1. The fourth-order valence-electron chi connectivity index (χ4n) is 2.58. The number of hydrogen-bond acceptors (Lipinski definition) is 5. The van der Waals surface area contributed by atoms with Gasteiger partial charge in [-0.25, -0.2) is 9.67 Å². The standard InChI is InChI=1S/C15H18ClN5O2/c1-10(2)21-8-13(18-19-21)15(23)5-6-20(9-15)14(22)12-4-3-11(16)7-17-12/h3-4,7-8,10,23H,5-6,9H2,1-2H3/t15-/m1/s1. The van der Waals surface area contributed by atoms with Crippen LogP contribution in [0.1, 0.15) is 42.5 Å². The maximum atomic E-state index is 12.5. The van der Waals surface area contributed by atoms with Crippen LogP contribution in [0.2, 0.25) is 5.02 Å². The third-order valence-corrected chi connectivity index (χ3v) is 4.22. The van der Waals surface area contributed by atoms with Gasteiger partial charge in [-0.1, -0.05) is 16.8 Å². The summed E-state index contributed by atoms with van der Waals surface area (Å²) in [5, 5.41) is 19.4. The number of carbonyl (C=O) groups is 1. The Labute approximate surface area is 138 Å². The van der Waals surface area contributed by atoms with Crippen LogP contribution in [0.5, 0.6) is 0 Å². The lowest BCUT2D eigenvalue weighted by Crippen LogP contribution is -2.35. The van der Waals surface area contributed by atoms with Gasteiger partial charge in [0.25, 0.3) is 5.91 Å². The SMILES string of the molecule is CC(C)n1cc([C@@]2(O)CCN(C(=O)c3ccc(Cl)cn3)C2)nn1. The summed E-state index contributed by atoms with van der Waals surface area (Å²) in [6.45, 7) is 4.58. The van der Waals surface area contributed by atoms with E-state index in [1.54, 1.807) is 27.9 Å². The van der Waals surface area contributed by atoms with Crippen molar-refractivity contribution in [2.24, 2.45) is 0 Å². The van der Waals surface area contributed by atoms with Crippen molar-refractivity contribution in [2.75, 3.05) is 13.1 Å². The number of likely N-dealkylation sites (tertiary alicyclic amines) is 1. The zero-order valence-electron chi connectivity index (χ0n) is 13.0. The van der Waals surface area contributed by atoms with Gasteiger partial charge in [0, 0.05) is 25.2 Å². The van der Waals surface area contributed by atoms with Crippen molar-refractivity contribution in [1.82, 2.24) is 24.9 Å². The second kappa shape index (κ2) is 5.90. The van der Waals surface area contributed by atoms with Gasteiger partial charge >= 0.3 is 0 Å². The summed E-state index contributed by atoms with van der Waals surface area (Å²) in [4.78, 5) is 18.1. The van der Waals surface area contributed by atoms with E-state index in [1.807, 2.05) is 13.8 Å². The summed E-state index contributed by atoms with van der Waals surface area (Å²) in [5.41, 5.74) is -0.370. The highest BCUT2D eigenvalue weighted by molar-refractivity contribution is 6.30. The second-order valence-electron chi connectivity index (χ2n) is 6.05. The van der Waals surface area contributed by atoms with Crippen LogP contribution in [-0.4, -0.2) is 49.0 Å². The molecule has 1 saturated heterocycles. The van der Waals surface area contributed by atoms with E-state index < -0.39 is 5.60 Å². The van der Waals surface area contributed by atoms with E-state index in [2.05, 4.69) is 15.3 Å². The molecule has 2 aromatic heterocycles. The first-order chi connectivity index (χ1) is 10.9. The molecule has 0 spiro atoms. The highest BCUT2D eigenvalue weighted by Gasteiger charge is 2.42. The smallest absolute Gasteiger partial charge is 0.272 e. The molecule has 0 unspecified atom stereocenters. The number of amides is 1. The summed E-state index contributed by atoms with van der Waals surface area (Å²) in [6, 6.07) is 3.37. The molecule has 1 aliphatic rings. The van der Waals surface area contributed by atoms with E-state index in [4.69, 9.17) is 11.6 Å². The average molecular weight is 336 g/mol. The predicted molar refractivity (Wildman–Crippen MR) is 84.1 cm³/mol. The monoisotopic (exact) mass is 335 g/mol. The number of hydrogen-bond donors (Lipinski definition) is 1. The van der Waals surface area contributed by atoms with Gasteiger partial charge in [-0.05, 0) is 26.0 Å². The number of nitrogens with zero attached hydrogens (tertiary/aromatic N) is 5. The maximum absolute atomic E-state index is 12.5. The molecule has 0 aromatic carbocycles. The molecular formula is C15H18ClN5O2. The molecule has 122 valence electrons. The van der Waals surface area contributed by atoms with Gasteiger partial charge in [-0.3, -0.25) is 4.79 Å². The van der Waals surface area contributed by atoms with Crippen LogP contribution in [-0.2, 0) is 5.60 Å². The number of rotatable bonds is 3. The van der Waals surface area contributed by atoms with Gasteiger partial charge in [0.15, 0.2) is 0 Å². The minimum atomic E-state index is -1.17. The van der Waals surface area contributed by atoms with Crippen molar-refractivity contribution in [2.45, 2.75) is 31.9 Å². The fraction of sp³-hybridized carbons (Fsp3) is 0.467. The topological polar surface area (TPSA) is 84.1 Å². The highest BCUT2D eigenvalue weighted by Crippen LogP contribution is 2.31. The van der Waals surface area contributed by atoms with Crippen molar-refractivity contribution in [1.29, 1.82) is 0 Å². The maximum Gasteiger partial charge on any atom is 0.272 e. The molecule has 1 atom stereocenters. The first kappa shape index (κ1) is 15.9. The third-order valence-electron chi connectivity index (χ3n) is 4.00. The number of pyridine rings is 1. The van der Waals surface area contributed by atoms with E-state index in [0.717, 1.165) is 0 Å². The Balaban J connectivity index is 1.76. The van der Waals surface area contributed by atoms with Gasteiger partial charge in [0.05, 0.1) is 17.8 Å². The Morgan fingerprint density at radius 2 is 2.22 bits per heavy atom. The molecule has 7 nitrogen and oxygen atoms in total. The largest absolute Gasteiger partial charge is 0.381 e. The molecule has 1 N–H and O–H groups in total. The molecule has 1 fully saturated rings. The average Bonchev–Trinajstić information content (AvgIpc) is 3.15. The van der Waals surface area contributed by atoms with Gasteiger partial charge < -0.3 is 10.0 Å². The molecule has 3 rings (SSSR count). The second-order valence-corrected chi connectivity index (χ2v) is 6.48. The Hall–Kier alpha value is -1.99. The van der Waals surface area contributed by atoms with Crippen molar-refractivity contribution in [3.63, 3.8) is 0 Å². The van der Waals surface area contributed by atoms with Crippen LogP contribution in [0, 0.1) is 0 Å². The normalized spacial score (nSPS) is 21.2. The van der Waals surface area contributed by atoms with Crippen LogP contribution in [0.15, 0.2) is 24.5 Å². The summed E-state index contributed by atoms with van der Waals surface area (Å²) in [7, 11) is 0. The van der Waals surface area contributed by atoms with Crippen molar-refractivity contribution < 1.29 is 9.90 Å². The summed E-state index contributed by atoms with van der Waals surface area (Å²) in [5.74, 6) is -0.228. The van der Waals surface area contributed by atoms with Crippen LogP contribution in [0.4, 0.5) is 0 Å². The van der Waals surface area contributed by atoms with Crippen LogP contribution < -0.4 is 0 Å². The number of β-amino-alcohol motifs (C(OH)–C–C–N with tert-alkyl or cyclic N) is 1. The molecule has 3 heterocycles. The molecule has 1 amide bonds. The Bertz CT molecular complexity index is 715. The lowest BCUT2D eigenvalue weighted by atomic mass is 10.00. The molecule has 0 saturated carbocycles. The molecule has 1 aliphatic heterocycles. The Morgan fingerprint density at radius 1 is 1.43 bits per heavy atom. The van der Waals surface area contributed by atoms with E-state index in [1.165, 1.54) is 6.20 Å². The molecule has 0 bridgehead atoms.